The van der Waals surface area contributed by atoms with E-state index >= 15 is 0 Å². The highest BCUT2D eigenvalue weighted by atomic mass is 35.5. The minimum absolute atomic E-state index is 0.0842. The van der Waals surface area contributed by atoms with E-state index in [4.69, 9.17) is 11.6 Å². The quantitative estimate of drug-likeness (QED) is 0.143. The van der Waals surface area contributed by atoms with Crippen molar-refractivity contribution in [2.45, 2.75) is 19.5 Å². The minimum atomic E-state index is -0.307. The Labute approximate surface area is 297 Å². The maximum atomic E-state index is 13.3. The van der Waals surface area contributed by atoms with Gasteiger partial charge in [0.05, 0.1) is 11.1 Å². The second kappa shape index (κ2) is 15.3. The number of thiophene rings is 2. The van der Waals surface area contributed by atoms with E-state index in [0.29, 0.717) is 38.2 Å². The second-order valence-electron chi connectivity index (χ2n) is 11.8. The third kappa shape index (κ3) is 8.14. The molecule has 0 bridgehead atoms. The van der Waals surface area contributed by atoms with Gasteiger partial charge in [0.2, 0.25) is 0 Å². The van der Waals surface area contributed by atoms with Crippen LogP contribution in [0.15, 0.2) is 103 Å². The molecule has 0 radical (unpaired) electrons. The van der Waals surface area contributed by atoms with Crippen LogP contribution in [-0.2, 0) is 13.1 Å². The molecule has 2 aromatic carbocycles. The van der Waals surface area contributed by atoms with E-state index in [2.05, 4.69) is 68.0 Å². The maximum absolute atomic E-state index is 13.3. The van der Waals surface area contributed by atoms with Crippen molar-refractivity contribution in [3.63, 3.8) is 0 Å². The number of aryl methyl sites for hydroxylation is 1. The highest BCUT2D eigenvalue weighted by Crippen LogP contribution is 2.33. The van der Waals surface area contributed by atoms with E-state index in [1.165, 1.54) is 26.4 Å². The summed E-state index contributed by atoms with van der Waals surface area (Å²) in [6, 6.07) is 29.9. The molecule has 1 saturated heterocycles. The number of carbonyl (C=O) groups excluding carboxylic acids is 2. The maximum Gasteiger partial charge on any atom is 0.269 e. The summed E-state index contributed by atoms with van der Waals surface area (Å²) in [6.07, 6.45) is 4.13. The summed E-state index contributed by atoms with van der Waals surface area (Å²) in [4.78, 5) is 39.4. The van der Waals surface area contributed by atoms with Crippen LogP contribution < -0.4 is 5.32 Å². The molecule has 4 aromatic heterocycles. The van der Waals surface area contributed by atoms with Crippen LogP contribution in [0.2, 0.25) is 5.02 Å². The number of carbonyl (C=O) groups is 2. The zero-order valence-electron chi connectivity index (χ0n) is 26.7. The van der Waals surface area contributed by atoms with Crippen molar-refractivity contribution in [3.05, 3.63) is 125 Å². The van der Waals surface area contributed by atoms with Gasteiger partial charge in [-0.3, -0.25) is 24.2 Å². The molecule has 1 fully saturated rings. The van der Waals surface area contributed by atoms with Crippen molar-refractivity contribution in [1.29, 1.82) is 0 Å². The van der Waals surface area contributed by atoms with Gasteiger partial charge in [0.25, 0.3) is 11.8 Å². The Morgan fingerprint density at radius 1 is 0.816 bits per heavy atom. The molecule has 0 atom stereocenters. The van der Waals surface area contributed by atoms with Crippen LogP contribution in [0.3, 0.4) is 0 Å². The lowest BCUT2D eigenvalue weighted by atomic mass is 10.1. The summed E-state index contributed by atoms with van der Waals surface area (Å²) in [5.41, 5.74) is 3.83. The van der Waals surface area contributed by atoms with Crippen molar-refractivity contribution in [2.75, 3.05) is 32.7 Å². The van der Waals surface area contributed by atoms with Gasteiger partial charge in [0.15, 0.2) is 0 Å². The average molecular weight is 708 g/mol. The van der Waals surface area contributed by atoms with Gasteiger partial charge in [-0.05, 0) is 66.1 Å². The van der Waals surface area contributed by atoms with Gasteiger partial charge in [-0.1, -0.05) is 59.3 Å². The van der Waals surface area contributed by atoms with Crippen molar-refractivity contribution in [3.8, 4) is 31.5 Å². The molecule has 49 heavy (non-hydrogen) atoms. The van der Waals surface area contributed by atoms with Crippen molar-refractivity contribution >= 4 is 46.1 Å². The van der Waals surface area contributed by atoms with Crippen molar-refractivity contribution in [1.82, 2.24) is 35.1 Å². The standard InChI is InChI=1S/C37H34ClN7O2S2/c38-29-9-4-8-27(22-29)34-11-10-30(48-34)24-43-18-20-44(21-19-43)37(47)28-14-16-39-31(23-28)36(46)40-15-5-17-45-25-32(41-42-45)35-13-12-33(49-35)26-6-2-1-3-7-26/h1-4,6-14,16,22-23,25H,5,15,17-21,24H2,(H,40,46). The Morgan fingerprint density at radius 3 is 2.43 bits per heavy atom. The summed E-state index contributed by atoms with van der Waals surface area (Å²) in [5, 5.41) is 12.3. The minimum Gasteiger partial charge on any atom is -0.351 e. The third-order valence-electron chi connectivity index (χ3n) is 8.35. The first-order chi connectivity index (χ1) is 24.0. The second-order valence-corrected chi connectivity index (χ2v) is 14.5. The van der Waals surface area contributed by atoms with Gasteiger partial charge < -0.3 is 10.2 Å². The van der Waals surface area contributed by atoms with E-state index < -0.39 is 0 Å². The van der Waals surface area contributed by atoms with E-state index in [0.717, 1.165) is 40.8 Å². The van der Waals surface area contributed by atoms with E-state index in [1.807, 2.05) is 47.5 Å². The van der Waals surface area contributed by atoms with Gasteiger partial charge in [-0.25, -0.2) is 0 Å². The van der Waals surface area contributed by atoms with Crippen LogP contribution >= 0.6 is 34.3 Å². The predicted molar refractivity (Wildman–Crippen MR) is 196 cm³/mol. The Kier molecular flexibility index (Phi) is 10.2. The number of hydrogen-bond acceptors (Lipinski definition) is 8. The zero-order chi connectivity index (χ0) is 33.6. The molecular weight excluding hydrogens is 674 g/mol. The number of halogens is 1. The fourth-order valence-electron chi connectivity index (χ4n) is 5.75. The fraction of sp³-hybridized carbons (Fsp3) is 0.216. The first kappa shape index (κ1) is 32.8. The monoisotopic (exact) mass is 707 g/mol. The number of aromatic nitrogens is 4. The SMILES string of the molecule is O=C(NCCCn1cc(-c2ccc(-c3ccccc3)s2)nn1)c1cc(C(=O)N2CCN(Cc3ccc(-c4cccc(Cl)c4)s3)CC2)ccn1. The summed E-state index contributed by atoms with van der Waals surface area (Å²) >= 11 is 9.63. The van der Waals surface area contributed by atoms with Gasteiger partial charge in [-0.15, -0.1) is 27.8 Å². The molecular formula is C37H34ClN7O2S2. The van der Waals surface area contributed by atoms with Gasteiger partial charge in [0, 0.05) is 77.2 Å². The smallest absolute Gasteiger partial charge is 0.269 e. The van der Waals surface area contributed by atoms with E-state index in [9.17, 15) is 9.59 Å². The van der Waals surface area contributed by atoms with Crippen LogP contribution in [0.4, 0.5) is 0 Å². The van der Waals surface area contributed by atoms with Gasteiger partial charge >= 0.3 is 0 Å². The Balaban J connectivity index is 0.856. The Hall–Kier alpha value is -4.68. The number of pyridine rings is 1. The number of piperazine rings is 1. The highest BCUT2D eigenvalue weighted by molar-refractivity contribution is 7.18. The number of nitrogens with one attached hydrogen (secondary N) is 1. The topological polar surface area (TPSA) is 96.2 Å². The molecule has 1 N–H and O–H groups in total. The highest BCUT2D eigenvalue weighted by Gasteiger charge is 2.23. The third-order valence-corrected chi connectivity index (χ3v) is 10.9. The predicted octanol–water partition coefficient (Wildman–Crippen LogP) is 7.23. The largest absolute Gasteiger partial charge is 0.351 e. The number of amides is 2. The molecule has 5 heterocycles. The summed E-state index contributed by atoms with van der Waals surface area (Å²) in [5.74, 6) is -0.391. The number of benzene rings is 2. The molecule has 0 unspecified atom stereocenters. The first-order valence-electron chi connectivity index (χ1n) is 16.1. The van der Waals surface area contributed by atoms with Crippen LogP contribution in [0.5, 0.6) is 0 Å². The van der Waals surface area contributed by atoms with Gasteiger partial charge in [0.1, 0.15) is 11.4 Å². The number of hydrogen-bond donors (Lipinski definition) is 1. The normalized spacial score (nSPS) is 13.4. The summed E-state index contributed by atoms with van der Waals surface area (Å²) < 4.78 is 1.79. The van der Waals surface area contributed by atoms with E-state index in [-0.39, 0.29) is 17.5 Å². The zero-order valence-corrected chi connectivity index (χ0v) is 29.1. The van der Waals surface area contributed by atoms with Gasteiger partial charge in [-0.2, -0.15) is 0 Å². The lowest BCUT2D eigenvalue weighted by Crippen LogP contribution is -2.48. The molecule has 9 nitrogen and oxygen atoms in total. The van der Waals surface area contributed by atoms with Crippen molar-refractivity contribution < 1.29 is 9.59 Å². The van der Waals surface area contributed by atoms with Crippen LogP contribution in [0.25, 0.3) is 31.5 Å². The Bertz CT molecular complexity index is 2050. The summed E-state index contributed by atoms with van der Waals surface area (Å²) in [6.45, 7) is 4.71. The van der Waals surface area contributed by atoms with Crippen molar-refractivity contribution in [2.24, 2.45) is 0 Å². The molecule has 2 amide bonds. The molecule has 0 spiro atoms. The molecule has 0 saturated carbocycles. The molecule has 1 aliphatic rings. The first-order valence-corrected chi connectivity index (χ1v) is 18.2. The lowest BCUT2D eigenvalue weighted by molar-refractivity contribution is 0.0629. The van der Waals surface area contributed by atoms with E-state index in [1.54, 1.807) is 39.5 Å². The molecule has 1 aliphatic heterocycles. The summed E-state index contributed by atoms with van der Waals surface area (Å²) in [7, 11) is 0. The Morgan fingerprint density at radius 2 is 1.59 bits per heavy atom. The van der Waals surface area contributed by atoms with Crippen LogP contribution in [0, 0.1) is 0 Å². The molecule has 12 heteroatoms. The molecule has 248 valence electrons. The van der Waals surface area contributed by atoms with Crippen LogP contribution in [0.1, 0.15) is 32.1 Å². The fourth-order valence-corrected chi connectivity index (χ4v) is 7.94. The molecule has 7 rings (SSSR count). The molecule has 0 aliphatic carbocycles. The number of nitrogens with zero attached hydrogens (tertiary/aromatic N) is 6. The molecule has 6 aromatic rings. The number of rotatable bonds is 11. The average Bonchev–Trinajstić information content (AvgIpc) is 3.93. The van der Waals surface area contributed by atoms with Crippen LogP contribution in [-0.4, -0.2) is 74.3 Å². The lowest BCUT2D eigenvalue weighted by Gasteiger charge is -2.34.